The van der Waals surface area contributed by atoms with Gasteiger partial charge in [0.2, 0.25) is 5.91 Å². The fourth-order valence-corrected chi connectivity index (χ4v) is 2.88. The summed E-state index contributed by atoms with van der Waals surface area (Å²) in [5.74, 6) is -0.320. The van der Waals surface area contributed by atoms with Gasteiger partial charge >= 0.3 is 0 Å². The van der Waals surface area contributed by atoms with E-state index in [1.165, 1.54) is 0 Å². The quantitative estimate of drug-likeness (QED) is 0.714. The molecule has 0 spiro atoms. The van der Waals surface area contributed by atoms with Crippen molar-refractivity contribution in [3.05, 3.63) is 48.0 Å². The maximum atomic E-state index is 12.6. The molecule has 1 aliphatic rings. The minimum Gasteiger partial charge on any atom is -0.348 e. The summed E-state index contributed by atoms with van der Waals surface area (Å²) in [6.07, 6.45) is 3.56. The van der Waals surface area contributed by atoms with Crippen LogP contribution in [0.2, 0.25) is 0 Å². The normalized spacial score (nSPS) is 16.3. The predicted molar refractivity (Wildman–Crippen MR) is 98.7 cm³/mol. The number of likely N-dealkylation sites (N-methyl/N-ethyl adjacent to an activating group) is 1. The minimum absolute atomic E-state index is 0.0176. The zero-order chi connectivity index (χ0) is 18.5. The number of nitrogens with one attached hydrogen (secondary N) is 2. The molecular weight excluding hydrogens is 332 g/mol. The van der Waals surface area contributed by atoms with Crippen molar-refractivity contribution in [3.63, 3.8) is 0 Å². The zero-order valence-electron chi connectivity index (χ0n) is 14.8. The van der Waals surface area contributed by atoms with E-state index in [4.69, 9.17) is 5.73 Å². The molecule has 0 bridgehead atoms. The molecular formula is C18H24N6O2. The van der Waals surface area contributed by atoms with Gasteiger partial charge in [0.1, 0.15) is 0 Å². The summed E-state index contributed by atoms with van der Waals surface area (Å²) in [6.45, 7) is 3.15. The van der Waals surface area contributed by atoms with Crippen LogP contribution >= 0.6 is 0 Å². The lowest BCUT2D eigenvalue weighted by Crippen LogP contribution is -2.47. The van der Waals surface area contributed by atoms with Crippen LogP contribution in [0.1, 0.15) is 16.1 Å². The molecule has 1 aromatic heterocycles. The van der Waals surface area contributed by atoms with Crippen LogP contribution in [0.25, 0.3) is 0 Å². The molecule has 4 N–H and O–H groups in total. The van der Waals surface area contributed by atoms with Crippen molar-refractivity contribution < 1.29 is 9.59 Å². The lowest BCUT2D eigenvalue weighted by Gasteiger charge is -2.32. The Morgan fingerprint density at radius 3 is 2.77 bits per heavy atom. The SMILES string of the molecule is CN1CCN(C(=O)c2cccc(NC(=O)C(N)Cc3cnc[nH]3)c2)CC1. The van der Waals surface area contributed by atoms with Crippen molar-refractivity contribution in [1.82, 2.24) is 19.8 Å². The van der Waals surface area contributed by atoms with Gasteiger partial charge in [-0.2, -0.15) is 0 Å². The number of anilines is 1. The highest BCUT2D eigenvalue weighted by Crippen LogP contribution is 2.14. The number of aromatic amines is 1. The first-order chi connectivity index (χ1) is 12.5. The average molecular weight is 356 g/mol. The fourth-order valence-electron chi connectivity index (χ4n) is 2.88. The Morgan fingerprint density at radius 2 is 2.08 bits per heavy atom. The van der Waals surface area contributed by atoms with E-state index in [-0.39, 0.29) is 11.8 Å². The van der Waals surface area contributed by atoms with Crippen molar-refractivity contribution in [2.24, 2.45) is 5.73 Å². The van der Waals surface area contributed by atoms with Crippen molar-refractivity contribution >= 4 is 17.5 Å². The molecule has 2 amide bonds. The van der Waals surface area contributed by atoms with E-state index in [0.717, 1.165) is 18.8 Å². The third-order valence-corrected chi connectivity index (χ3v) is 4.50. The molecule has 1 saturated heterocycles. The topological polar surface area (TPSA) is 107 Å². The second-order valence-corrected chi connectivity index (χ2v) is 6.55. The number of nitrogens with zero attached hydrogens (tertiary/aromatic N) is 3. The molecule has 0 saturated carbocycles. The first-order valence-corrected chi connectivity index (χ1v) is 8.64. The Morgan fingerprint density at radius 1 is 1.31 bits per heavy atom. The number of aromatic nitrogens is 2. The number of imidazole rings is 1. The summed E-state index contributed by atoms with van der Waals surface area (Å²) in [5, 5.41) is 2.78. The summed E-state index contributed by atoms with van der Waals surface area (Å²) < 4.78 is 0. The van der Waals surface area contributed by atoms with Gasteiger partial charge in [-0.3, -0.25) is 9.59 Å². The number of hydrogen-bond donors (Lipinski definition) is 3. The van der Waals surface area contributed by atoms with Gasteiger partial charge in [-0.1, -0.05) is 6.07 Å². The number of piperazine rings is 1. The van der Waals surface area contributed by atoms with E-state index in [0.29, 0.717) is 30.8 Å². The number of H-pyrrole nitrogens is 1. The molecule has 8 heteroatoms. The molecule has 1 fully saturated rings. The molecule has 8 nitrogen and oxygen atoms in total. The molecule has 0 radical (unpaired) electrons. The van der Waals surface area contributed by atoms with Gasteiger partial charge in [0.15, 0.2) is 0 Å². The van der Waals surface area contributed by atoms with Gasteiger partial charge in [-0.05, 0) is 25.2 Å². The number of carbonyl (C=O) groups excluding carboxylic acids is 2. The Balaban J connectivity index is 1.61. The molecule has 138 valence electrons. The van der Waals surface area contributed by atoms with E-state index in [1.807, 2.05) is 11.9 Å². The van der Waals surface area contributed by atoms with Crippen LogP contribution in [-0.4, -0.2) is 70.9 Å². The number of rotatable bonds is 5. The highest BCUT2D eigenvalue weighted by atomic mass is 16.2. The highest BCUT2D eigenvalue weighted by molar-refractivity contribution is 5.98. The second-order valence-electron chi connectivity index (χ2n) is 6.55. The highest BCUT2D eigenvalue weighted by Gasteiger charge is 2.21. The van der Waals surface area contributed by atoms with Crippen LogP contribution in [-0.2, 0) is 11.2 Å². The zero-order valence-corrected chi connectivity index (χ0v) is 14.8. The molecule has 2 heterocycles. The third kappa shape index (κ3) is 4.47. The molecule has 1 atom stereocenters. The molecule has 1 aromatic carbocycles. The Kier molecular flexibility index (Phi) is 5.65. The monoisotopic (exact) mass is 356 g/mol. The van der Waals surface area contributed by atoms with Crippen molar-refractivity contribution in [2.45, 2.75) is 12.5 Å². The minimum atomic E-state index is -0.701. The number of benzene rings is 1. The smallest absolute Gasteiger partial charge is 0.254 e. The van der Waals surface area contributed by atoms with Crippen LogP contribution in [0, 0.1) is 0 Å². The first-order valence-electron chi connectivity index (χ1n) is 8.64. The Bertz CT molecular complexity index is 753. The van der Waals surface area contributed by atoms with E-state index >= 15 is 0 Å². The van der Waals surface area contributed by atoms with Gasteiger partial charge in [0.05, 0.1) is 12.4 Å². The molecule has 1 aliphatic heterocycles. The van der Waals surface area contributed by atoms with E-state index in [1.54, 1.807) is 36.8 Å². The number of amides is 2. The molecule has 26 heavy (non-hydrogen) atoms. The first kappa shape index (κ1) is 18.1. The average Bonchev–Trinajstić information content (AvgIpc) is 3.15. The van der Waals surface area contributed by atoms with Crippen LogP contribution in [0.5, 0.6) is 0 Å². The molecule has 2 aromatic rings. The maximum absolute atomic E-state index is 12.6. The van der Waals surface area contributed by atoms with Crippen LogP contribution in [0.4, 0.5) is 5.69 Å². The molecule has 1 unspecified atom stereocenters. The Hall–Kier alpha value is -2.71. The van der Waals surface area contributed by atoms with Crippen molar-refractivity contribution in [3.8, 4) is 0 Å². The lowest BCUT2D eigenvalue weighted by atomic mass is 10.1. The van der Waals surface area contributed by atoms with E-state index in [9.17, 15) is 9.59 Å². The number of hydrogen-bond acceptors (Lipinski definition) is 5. The number of nitrogens with two attached hydrogens (primary N) is 1. The Labute approximate surface area is 152 Å². The summed E-state index contributed by atoms with van der Waals surface area (Å²) in [7, 11) is 2.05. The summed E-state index contributed by atoms with van der Waals surface area (Å²) in [5.41, 5.74) is 7.87. The van der Waals surface area contributed by atoms with E-state index < -0.39 is 6.04 Å². The van der Waals surface area contributed by atoms with Gasteiger partial charge in [-0.15, -0.1) is 0 Å². The summed E-state index contributed by atoms with van der Waals surface area (Å²) in [4.78, 5) is 35.8. The van der Waals surface area contributed by atoms with Crippen LogP contribution < -0.4 is 11.1 Å². The standard InChI is InChI=1S/C18H24N6O2/c1-23-5-7-24(8-6-23)18(26)13-3-2-4-14(9-13)22-17(25)16(19)10-15-11-20-12-21-15/h2-4,9,11-12,16H,5-8,10,19H2,1H3,(H,20,21)(H,22,25). The lowest BCUT2D eigenvalue weighted by molar-refractivity contribution is -0.117. The van der Waals surface area contributed by atoms with Gasteiger partial charge in [-0.25, -0.2) is 4.98 Å². The van der Waals surface area contributed by atoms with Gasteiger partial charge in [0, 0.05) is 55.7 Å². The van der Waals surface area contributed by atoms with Gasteiger partial charge < -0.3 is 25.8 Å². The van der Waals surface area contributed by atoms with E-state index in [2.05, 4.69) is 20.2 Å². The second kappa shape index (κ2) is 8.11. The summed E-state index contributed by atoms with van der Waals surface area (Å²) >= 11 is 0. The van der Waals surface area contributed by atoms with Crippen LogP contribution in [0.15, 0.2) is 36.8 Å². The van der Waals surface area contributed by atoms with Crippen molar-refractivity contribution in [2.75, 3.05) is 38.5 Å². The molecule has 0 aliphatic carbocycles. The third-order valence-electron chi connectivity index (χ3n) is 4.50. The predicted octanol–water partition coefficient (Wildman–Crippen LogP) is 0.306. The molecule has 3 rings (SSSR count). The summed E-state index contributed by atoms with van der Waals surface area (Å²) in [6, 6.07) is 6.27. The van der Waals surface area contributed by atoms with Gasteiger partial charge in [0.25, 0.3) is 5.91 Å². The van der Waals surface area contributed by atoms with Crippen LogP contribution in [0.3, 0.4) is 0 Å². The maximum Gasteiger partial charge on any atom is 0.254 e. The fraction of sp³-hybridized carbons (Fsp3) is 0.389. The van der Waals surface area contributed by atoms with Crippen molar-refractivity contribution in [1.29, 1.82) is 0 Å². The largest absolute Gasteiger partial charge is 0.348 e. The number of carbonyl (C=O) groups is 2.